The highest BCUT2D eigenvalue weighted by Gasteiger charge is 2.39. The first-order valence-corrected chi connectivity index (χ1v) is 10.8. The highest BCUT2D eigenvalue weighted by molar-refractivity contribution is 6.33. The minimum absolute atomic E-state index is 0.0548. The van der Waals surface area contributed by atoms with E-state index in [9.17, 15) is 9.59 Å². The second kappa shape index (κ2) is 8.80. The largest absolute Gasteiger partial charge is 0.495 e. The molecule has 0 spiro atoms. The number of ketones is 2. The van der Waals surface area contributed by atoms with Gasteiger partial charge in [0.15, 0.2) is 5.78 Å². The van der Waals surface area contributed by atoms with E-state index in [0.29, 0.717) is 48.0 Å². The molecule has 1 aromatic carbocycles. The van der Waals surface area contributed by atoms with Gasteiger partial charge in [-0.15, -0.1) is 0 Å². The van der Waals surface area contributed by atoms with Crippen molar-refractivity contribution in [3.05, 3.63) is 39.5 Å². The molecule has 6 nitrogen and oxygen atoms in total. The van der Waals surface area contributed by atoms with E-state index in [-0.39, 0.29) is 22.9 Å². The molecule has 0 fully saturated rings. The number of carbonyl (C=O) groups excluding carboxylic acids is 2. The van der Waals surface area contributed by atoms with Gasteiger partial charge in [0.2, 0.25) is 11.7 Å². The molecule has 0 amide bonds. The molecule has 0 aliphatic heterocycles. The van der Waals surface area contributed by atoms with E-state index in [1.165, 1.54) is 13.3 Å². The fourth-order valence-electron chi connectivity index (χ4n) is 3.79. The number of rotatable bonds is 8. The molecular formula is C23H29ClN2O4. The topological polar surface area (TPSA) is 70.4 Å². The third-order valence-corrected chi connectivity index (χ3v) is 6.03. The van der Waals surface area contributed by atoms with Crippen molar-refractivity contribution in [2.75, 3.05) is 13.7 Å². The molecule has 162 valence electrons. The van der Waals surface area contributed by atoms with Gasteiger partial charge in [0.25, 0.3) is 0 Å². The molecule has 0 saturated heterocycles. The zero-order valence-corrected chi connectivity index (χ0v) is 19.1. The number of aromatic nitrogens is 2. The number of aryl methyl sites for hydroxylation is 1. The Morgan fingerprint density at radius 3 is 2.67 bits per heavy atom. The number of fused-ring (bicyclic) bond motifs is 1. The Hall–Kier alpha value is -2.34. The van der Waals surface area contributed by atoms with Crippen LogP contribution in [0.2, 0.25) is 5.02 Å². The average molecular weight is 433 g/mol. The van der Waals surface area contributed by atoms with E-state index < -0.39 is 5.41 Å². The monoisotopic (exact) mass is 432 g/mol. The van der Waals surface area contributed by atoms with Crippen LogP contribution in [0.5, 0.6) is 11.6 Å². The number of carbonyl (C=O) groups is 2. The van der Waals surface area contributed by atoms with Gasteiger partial charge in [-0.2, -0.15) is 5.10 Å². The number of methoxy groups -OCH3 is 1. The number of Topliss-reactive ketones (excluding diaryl/α,β-unsaturated/α-hetero) is 1. The van der Waals surface area contributed by atoms with Gasteiger partial charge in [0.1, 0.15) is 11.3 Å². The van der Waals surface area contributed by atoms with Crippen molar-refractivity contribution < 1.29 is 19.1 Å². The fraction of sp³-hybridized carbons (Fsp3) is 0.522. The summed E-state index contributed by atoms with van der Waals surface area (Å²) in [7, 11) is 1.48. The zero-order valence-electron chi connectivity index (χ0n) is 18.3. The molecule has 1 heterocycles. The van der Waals surface area contributed by atoms with Crippen LogP contribution < -0.4 is 9.47 Å². The van der Waals surface area contributed by atoms with Gasteiger partial charge in [-0.25, -0.2) is 4.68 Å². The minimum atomic E-state index is -0.535. The summed E-state index contributed by atoms with van der Waals surface area (Å²) in [5.74, 6) is 0.333. The van der Waals surface area contributed by atoms with Crippen LogP contribution in [0.3, 0.4) is 0 Å². The summed E-state index contributed by atoms with van der Waals surface area (Å²) in [6, 6.07) is 1.60. The maximum atomic E-state index is 13.5. The van der Waals surface area contributed by atoms with Crippen molar-refractivity contribution in [2.45, 2.75) is 59.9 Å². The smallest absolute Gasteiger partial charge is 0.223 e. The first kappa shape index (κ1) is 22.3. The Balaban J connectivity index is 2.12. The second-order valence-electron chi connectivity index (χ2n) is 8.22. The third kappa shape index (κ3) is 3.85. The summed E-state index contributed by atoms with van der Waals surface area (Å²) in [5, 5.41) is 4.70. The maximum Gasteiger partial charge on any atom is 0.223 e. The van der Waals surface area contributed by atoms with E-state index in [4.69, 9.17) is 21.1 Å². The number of benzene rings is 1. The number of hydrogen-bond acceptors (Lipinski definition) is 5. The third-order valence-electron chi connectivity index (χ3n) is 5.70. The van der Waals surface area contributed by atoms with Crippen molar-refractivity contribution in [3.63, 3.8) is 0 Å². The molecule has 3 rings (SSSR count). The molecule has 30 heavy (non-hydrogen) atoms. The number of ether oxygens (including phenoxy) is 2. The van der Waals surface area contributed by atoms with Crippen molar-refractivity contribution in [3.8, 4) is 11.6 Å². The molecule has 2 aromatic rings. The van der Waals surface area contributed by atoms with E-state index in [0.717, 1.165) is 18.4 Å². The number of unbranched alkanes of at least 4 members (excludes halogenated alkanes) is 1. The van der Waals surface area contributed by atoms with Gasteiger partial charge in [-0.05, 0) is 37.8 Å². The molecule has 0 unspecified atom stereocenters. The normalized spacial score (nSPS) is 15.1. The van der Waals surface area contributed by atoms with Crippen molar-refractivity contribution in [2.24, 2.45) is 5.41 Å². The summed E-state index contributed by atoms with van der Waals surface area (Å²) in [5.41, 5.74) is 1.22. The summed E-state index contributed by atoms with van der Waals surface area (Å²) in [4.78, 5) is 26.7. The molecule has 0 bridgehead atoms. The van der Waals surface area contributed by atoms with Crippen LogP contribution in [0.1, 0.15) is 78.8 Å². The highest BCUT2D eigenvalue weighted by Crippen LogP contribution is 2.44. The van der Waals surface area contributed by atoms with Crippen LogP contribution in [0.25, 0.3) is 0 Å². The fourth-order valence-corrected chi connectivity index (χ4v) is 4.09. The van der Waals surface area contributed by atoms with Crippen LogP contribution in [0.15, 0.2) is 12.3 Å². The van der Waals surface area contributed by atoms with Crippen molar-refractivity contribution in [1.29, 1.82) is 0 Å². The predicted molar refractivity (Wildman–Crippen MR) is 116 cm³/mol. The molecular weight excluding hydrogens is 404 g/mol. The van der Waals surface area contributed by atoms with Crippen LogP contribution in [0.4, 0.5) is 0 Å². The molecule has 1 aliphatic rings. The number of nitrogens with zero attached hydrogens (tertiary/aromatic N) is 2. The van der Waals surface area contributed by atoms with Crippen molar-refractivity contribution >= 4 is 23.2 Å². The lowest BCUT2D eigenvalue weighted by Crippen LogP contribution is -2.31. The summed E-state index contributed by atoms with van der Waals surface area (Å²) in [6.45, 7) is 8.90. The molecule has 1 aromatic heterocycles. The van der Waals surface area contributed by atoms with Gasteiger partial charge >= 0.3 is 0 Å². The van der Waals surface area contributed by atoms with Gasteiger partial charge < -0.3 is 9.47 Å². The lowest BCUT2D eigenvalue weighted by molar-refractivity contribution is 0.0807. The van der Waals surface area contributed by atoms with E-state index in [1.807, 2.05) is 20.8 Å². The SMILES string of the molecule is CCCCOc1c(C(=O)c2cc(Cl)c3c(c2OC)C(=O)C(C)(C)CC3)cnn1CC. The minimum Gasteiger partial charge on any atom is -0.495 e. The Bertz CT molecular complexity index is 978. The summed E-state index contributed by atoms with van der Waals surface area (Å²) >= 11 is 6.53. The van der Waals surface area contributed by atoms with Crippen LogP contribution in [-0.4, -0.2) is 35.1 Å². The molecule has 0 saturated carbocycles. The first-order valence-electron chi connectivity index (χ1n) is 10.4. The van der Waals surface area contributed by atoms with E-state index in [2.05, 4.69) is 12.0 Å². The predicted octanol–water partition coefficient (Wildman–Crippen LogP) is 5.13. The van der Waals surface area contributed by atoms with E-state index in [1.54, 1.807) is 10.7 Å². The zero-order chi connectivity index (χ0) is 22.1. The van der Waals surface area contributed by atoms with Crippen LogP contribution in [0, 0.1) is 5.41 Å². The van der Waals surface area contributed by atoms with Crippen LogP contribution in [-0.2, 0) is 13.0 Å². The summed E-state index contributed by atoms with van der Waals surface area (Å²) in [6.07, 6.45) is 4.73. The standard InChI is InChI=1S/C23H29ClN2O4/c1-6-8-11-30-22-16(13-25-26(22)7-2)19(27)15-12-17(24)14-9-10-23(3,4)21(28)18(14)20(15)29-5/h12-13H,6-11H2,1-5H3. The Morgan fingerprint density at radius 2 is 2.03 bits per heavy atom. The quantitative estimate of drug-likeness (QED) is 0.427. The lowest BCUT2D eigenvalue weighted by atomic mass is 9.72. The van der Waals surface area contributed by atoms with Crippen molar-refractivity contribution in [1.82, 2.24) is 9.78 Å². The molecule has 1 aliphatic carbocycles. The average Bonchev–Trinajstić information content (AvgIpc) is 3.13. The van der Waals surface area contributed by atoms with E-state index >= 15 is 0 Å². The Morgan fingerprint density at radius 1 is 1.30 bits per heavy atom. The van der Waals surface area contributed by atoms with Crippen LogP contribution >= 0.6 is 11.6 Å². The Kier molecular flexibility index (Phi) is 6.56. The van der Waals surface area contributed by atoms with Gasteiger partial charge in [0.05, 0.1) is 31.0 Å². The number of halogens is 1. The highest BCUT2D eigenvalue weighted by atomic mass is 35.5. The molecule has 0 radical (unpaired) electrons. The molecule has 0 N–H and O–H groups in total. The van der Waals surface area contributed by atoms with Gasteiger partial charge in [-0.3, -0.25) is 9.59 Å². The first-order chi connectivity index (χ1) is 14.3. The molecule has 0 atom stereocenters. The lowest BCUT2D eigenvalue weighted by Gasteiger charge is -2.31. The summed E-state index contributed by atoms with van der Waals surface area (Å²) < 4.78 is 13.2. The molecule has 7 heteroatoms. The van der Waals surface area contributed by atoms with Gasteiger partial charge in [0, 0.05) is 17.0 Å². The second-order valence-corrected chi connectivity index (χ2v) is 8.62. The van der Waals surface area contributed by atoms with Gasteiger partial charge in [-0.1, -0.05) is 38.8 Å². The number of hydrogen-bond donors (Lipinski definition) is 0. The maximum absolute atomic E-state index is 13.5. The Labute approximate surface area is 182 Å².